The summed E-state index contributed by atoms with van der Waals surface area (Å²) < 4.78 is 11.7. The van der Waals surface area contributed by atoms with Gasteiger partial charge in [0.25, 0.3) is 0 Å². The van der Waals surface area contributed by atoms with E-state index in [2.05, 4.69) is 44.5 Å². The van der Waals surface area contributed by atoms with E-state index in [1.165, 1.54) is 11.9 Å². The van der Waals surface area contributed by atoms with Crippen LogP contribution in [0.25, 0.3) is 11.0 Å². The number of hydrogen-bond acceptors (Lipinski definition) is 6. The van der Waals surface area contributed by atoms with Crippen LogP contribution in [0, 0.1) is 0 Å². The third-order valence-electron chi connectivity index (χ3n) is 4.07. The zero-order valence-corrected chi connectivity index (χ0v) is 13.7. The third-order valence-corrected chi connectivity index (χ3v) is 4.07. The maximum absolute atomic E-state index is 5.87. The van der Waals surface area contributed by atoms with Gasteiger partial charge in [0.15, 0.2) is 5.65 Å². The Labute approximate surface area is 139 Å². The highest BCUT2D eigenvalue weighted by Gasteiger charge is 2.22. The molecule has 1 aliphatic rings. The van der Waals surface area contributed by atoms with Crippen molar-refractivity contribution in [2.24, 2.45) is 0 Å². The molecule has 3 heterocycles. The van der Waals surface area contributed by atoms with Gasteiger partial charge in [0.05, 0.1) is 18.2 Å². The Morgan fingerprint density at radius 1 is 1.38 bits per heavy atom. The van der Waals surface area contributed by atoms with Gasteiger partial charge in [-0.1, -0.05) is 0 Å². The van der Waals surface area contributed by atoms with Crippen LogP contribution in [-0.2, 0) is 13.0 Å². The summed E-state index contributed by atoms with van der Waals surface area (Å²) in [6, 6.07) is 4.15. The van der Waals surface area contributed by atoms with Crippen molar-refractivity contribution in [1.29, 1.82) is 0 Å². The molecular weight excluding hydrogens is 306 g/mol. The predicted molar refractivity (Wildman–Crippen MR) is 90.4 cm³/mol. The quantitative estimate of drug-likeness (QED) is 0.750. The summed E-state index contributed by atoms with van der Waals surface area (Å²) >= 11 is 0. The highest BCUT2D eigenvalue weighted by molar-refractivity contribution is 5.85. The minimum atomic E-state index is 0.213. The van der Waals surface area contributed by atoms with E-state index in [0.717, 1.165) is 34.7 Å². The summed E-state index contributed by atoms with van der Waals surface area (Å²) in [5, 5.41) is 11.1. The molecule has 7 heteroatoms. The zero-order chi connectivity index (χ0) is 16.5. The Morgan fingerprint density at radius 2 is 2.29 bits per heavy atom. The number of nitrogens with one attached hydrogen (secondary N) is 2. The van der Waals surface area contributed by atoms with Crippen LogP contribution in [-0.4, -0.2) is 32.9 Å². The molecule has 0 spiro atoms. The number of hydrogen-bond donors (Lipinski definition) is 2. The molecule has 0 fully saturated rings. The molecule has 1 aliphatic heterocycles. The van der Waals surface area contributed by atoms with Gasteiger partial charge in [-0.3, -0.25) is 5.10 Å². The van der Waals surface area contributed by atoms with Gasteiger partial charge in [-0.05, 0) is 26.0 Å². The lowest BCUT2D eigenvalue weighted by Gasteiger charge is -2.13. The molecule has 0 bridgehead atoms. The molecule has 0 saturated carbocycles. The monoisotopic (exact) mass is 325 g/mol. The number of rotatable bonds is 5. The molecule has 0 amide bonds. The first-order valence-corrected chi connectivity index (χ1v) is 8.07. The van der Waals surface area contributed by atoms with Crippen LogP contribution < -0.4 is 14.8 Å². The molecule has 1 unspecified atom stereocenters. The minimum absolute atomic E-state index is 0.213. The number of H-pyrrole nitrogens is 1. The van der Waals surface area contributed by atoms with Crippen molar-refractivity contribution < 1.29 is 9.47 Å². The zero-order valence-electron chi connectivity index (χ0n) is 13.7. The normalized spacial score (nSPS) is 16.0. The molecule has 0 aliphatic carbocycles. The lowest BCUT2D eigenvalue weighted by molar-refractivity contribution is 0.254. The molecule has 3 aromatic rings. The molecule has 7 nitrogen and oxygen atoms in total. The Morgan fingerprint density at radius 3 is 3.17 bits per heavy atom. The van der Waals surface area contributed by atoms with Crippen LogP contribution >= 0.6 is 0 Å². The van der Waals surface area contributed by atoms with E-state index in [-0.39, 0.29) is 6.10 Å². The first kappa shape index (κ1) is 14.7. The number of nitrogens with zero attached hydrogens (tertiary/aromatic N) is 3. The average molecular weight is 325 g/mol. The summed E-state index contributed by atoms with van der Waals surface area (Å²) in [7, 11) is 0. The first-order valence-electron chi connectivity index (χ1n) is 8.07. The Kier molecular flexibility index (Phi) is 3.68. The van der Waals surface area contributed by atoms with Crippen LogP contribution in [0.3, 0.4) is 0 Å². The van der Waals surface area contributed by atoms with Gasteiger partial charge in [0, 0.05) is 24.1 Å². The van der Waals surface area contributed by atoms with Crippen molar-refractivity contribution in [3.8, 4) is 11.5 Å². The largest absolute Gasteiger partial charge is 0.494 e. The van der Waals surface area contributed by atoms with E-state index in [1.54, 1.807) is 6.20 Å². The average Bonchev–Trinajstić information content (AvgIpc) is 3.18. The molecule has 1 atom stereocenters. The van der Waals surface area contributed by atoms with E-state index in [4.69, 9.17) is 9.47 Å². The van der Waals surface area contributed by atoms with Crippen LogP contribution in [0.4, 0.5) is 5.82 Å². The highest BCUT2D eigenvalue weighted by Crippen LogP contribution is 2.35. The van der Waals surface area contributed by atoms with Crippen LogP contribution in [0.5, 0.6) is 11.5 Å². The summed E-state index contributed by atoms with van der Waals surface area (Å²) in [6.07, 6.45) is 4.36. The number of benzene rings is 1. The van der Waals surface area contributed by atoms with Crippen molar-refractivity contribution in [3.63, 3.8) is 0 Å². The molecule has 2 aromatic heterocycles. The molecule has 24 heavy (non-hydrogen) atoms. The lowest BCUT2D eigenvalue weighted by atomic mass is 10.1. The summed E-state index contributed by atoms with van der Waals surface area (Å²) in [4.78, 5) is 8.45. The van der Waals surface area contributed by atoms with Crippen LogP contribution in [0.1, 0.15) is 25.0 Å². The molecule has 4 rings (SSSR count). The highest BCUT2D eigenvalue weighted by atomic mass is 16.5. The summed E-state index contributed by atoms with van der Waals surface area (Å²) in [5.74, 6) is 2.57. The number of anilines is 1. The van der Waals surface area contributed by atoms with Crippen molar-refractivity contribution in [2.45, 2.75) is 32.9 Å². The van der Waals surface area contributed by atoms with Crippen molar-refractivity contribution in [3.05, 3.63) is 35.8 Å². The number of aromatic nitrogens is 4. The van der Waals surface area contributed by atoms with E-state index in [1.807, 2.05) is 6.92 Å². The second kappa shape index (κ2) is 5.99. The van der Waals surface area contributed by atoms with E-state index >= 15 is 0 Å². The summed E-state index contributed by atoms with van der Waals surface area (Å²) in [6.45, 7) is 5.27. The van der Waals surface area contributed by atoms with Crippen molar-refractivity contribution >= 4 is 16.9 Å². The van der Waals surface area contributed by atoms with Gasteiger partial charge >= 0.3 is 0 Å². The molecular formula is C17H19N5O2. The van der Waals surface area contributed by atoms with Gasteiger partial charge in [0.2, 0.25) is 0 Å². The van der Waals surface area contributed by atoms with Gasteiger partial charge in [-0.25, -0.2) is 9.97 Å². The Bertz CT molecular complexity index is 877. The smallest absolute Gasteiger partial charge is 0.160 e. The van der Waals surface area contributed by atoms with Gasteiger partial charge in [0.1, 0.15) is 29.7 Å². The maximum Gasteiger partial charge on any atom is 0.160 e. The van der Waals surface area contributed by atoms with Gasteiger partial charge in [-0.15, -0.1) is 0 Å². The fraction of sp³-hybridized carbons (Fsp3) is 0.353. The number of fused-ring (bicyclic) bond motifs is 2. The molecule has 1 aromatic carbocycles. The third kappa shape index (κ3) is 2.62. The molecule has 0 saturated heterocycles. The van der Waals surface area contributed by atoms with E-state index in [9.17, 15) is 0 Å². The lowest BCUT2D eigenvalue weighted by Crippen LogP contribution is -2.06. The van der Waals surface area contributed by atoms with Crippen molar-refractivity contribution in [2.75, 3.05) is 11.9 Å². The second-order valence-electron chi connectivity index (χ2n) is 5.84. The second-order valence-corrected chi connectivity index (χ2v) is 5.84. The molecule has 124 valence electrons. The van der Waals surface area contributed by atoms with Gasteiger partial charge in [-0.2, -0.15) is 5.10 Å². The fourth-order valence-electron chi connectivity index (χ4n) is 2.99. The Balaban J connectivity index is 1.62. The molecule has 0 radical (unpaired) electrons. The van der Waals surface area contributed by atoms with Gasteiger partial charge < -0.3 is 14.8 Å². The minimum Gasteiger partial charge on any atom is -0.494 e. The van der Waals surface area contributed by atoms with Crippen molar-refractivity contribution in [1.82, 2.24) is 20.2 Å². The van der Waals surface area contributed by atoms with E-state index < -0.39 is 0 Å². The first-order chi connectivity index (χ1) is 11.7. The predicted octanol–water partition coefficient (Wildman–Crippen LogP) is 2.69. The standard InChI is InChI=1S/C17H19N5O2/c1-3-23-14-5-11-4-10(2)24-15(11)6-12(14)7-18-16-13-8-21-22-17(13)20-9-19-16/h5-6,8-10H,3-4,7H2,1-2H3,(H2,18,19,20,21,22). The number of aromatic amines is 1. The van der Waals surface area contributed by atoms with Crippen LogP contribution in [0.15, 0.2) is 24.7 Å². The Hall–Kier alpha value is -2.83. The molecule has 2 N–H and O–H groups in total. The SMILES string of the molecule is CCOc1cc2c(cc1CNc1ncnc3[nH]ncc13)OC(C)C2. The summed E-state index contributed by atoms with van der Waals surface area (Å²) in [5.41, 5.74) is 2.96. The fourth-order valence-corrected chi connectivity index (χ4v) is 2.99. The van der Waals surface area contributed by atoms with Crippen LogP contribution in [0.2, 0.25) is 0 Å². The topological polar surface area (TPSA) is 85.0 Å². The maximum atomic E-state index is 5.87. The van der Waals surface area contributed by atoms with E-state index in [0.29, 0.717) is 18.8 Å². The number of ether oxygens (including phenoxy) is 2.